The Morgan fingerprint density at radius 3 is 2.68 bits per heavy atom. The Labute approximate surface area is 118 Å². The first-order valence-electron chi connectivity index (χ1n) is 8.06. The van der Waals surface area contributed by atoms with Crippen LogP contribution >= 0.6 is 0 Å². The molecule has 0 saturated carbocycles. The van der Waals surface area contributed by atoms with Crippen molar-refractivity contribution < 1.29 is 4.74 Å². The van der Waals surface area contributed by atoms with Crippen molar-refractivity contribution in [3.8, 4) is 0 Å². The van der Waals surface area contributed by atoms with Crippen molar-refractivity contribution in [3.05, 3.63) is 0 Å². The van der Waals surface area contributed by atoms with Crippen molar-refractivity contribution in [2.45, 2.75) is 45.2 Å². The maximum absolute atomic E-state index is 6.06. The zero-order chi connectivity index (χ0) is 13.7. The minimum Gasteiger partial charge on any atom is -0.381 e. The molecular weight excluding hydrogens is 238 g/mol. The van der Waals surface area contributed by atoms with E-state index in [1.165, 1.54) is 32.4 Å². The van der Waals surface area contributed by atoms with E-state index in [0.29, 0.717) is 12.0 Å². The molecule has 2 fully saturated rings. The van der Waals surface area contributed by atoms with E-state index >= 15 is 0 Å². The van der Waals surface area contributed by atoms with Gasteiger partial charge in [0.15, 0.2) is 0 Å². The summed E-state index contributed by atoms with van der Waals surface area (Å²) in [6.07, 6.45) is 3.79. The van der Waals surface area contributed by atoms with E-state index in [1.807, 2.05) is 0 Å². The molecular formula is C15H31N3O. The predicted octanol–water partition coefficient (Wildman–Crippen LogP) is 1.16. The van der Waals surface area contributed by atoms with E-state index < -0.39 is 0 Å². The van der Waals surface area contributed by atoms with Crippen LogP contribution in [0.2, 0.25) is 0 Å². The van der Waals surface area contributed by atoms with Crippen LogP contribution in [0.15, 0.2) is 0 Å². The number of hydrogen-bond donors (Lipinski definition) is 1. The molecule has 112 valence electrons. The SMILES string of the molecule is CCN(CC)C1CCN(C(CN)C2CCCOC2)C1. The lowest BCUT2D eigenvalue weighted by Crippen LogP contribution is -2.48. The molecule has 0 aliphatic carbocycles. The quantitative estimate of drug-likeness (QED) is 0.785. The lowest BCUT2D eigenvalue weighted by molar-refractivity contribution is 0.0151. The Bertz CT molecular complexity index is 252. The highest BCUT2D eigenvalue weighted by Crippen LogP contribution is 2.25. The highest BCUT2D eigenvalue weighted by molar-refractivity contribution is 4.90. The Balaban J connectivity index is 1.89. The van der Waals surface area contributed by atoms with Crippen LogP contribution in [0.1, 0.15) is 33.1 Å². The fourth-order valence-corrected chi connectivity index (χ4v) is 3.82. The number of likely N-dealkylation sites (tertiary alicyclic amines) is 1. The van der Waals surface area contributed by atoms with Crippen molar-refractivity contribution in [1.29, 1.82) is 0 Å². The van der Waals surface area contributed by atoms with Crippen molar-refractivity contribution >= 4 is 0 Å². The second-order valence-electron chi connectivity index (χ2n) is 5.94. The highest BCUT2D eigenvalue weighted by atomic mass is 16.5. The van der Waals surface area contributed by atoms with Gasteiger partial charge in [0.2, 0.25) is 0 Å². The minimum atomic E-state index is 0.529. The van der Waals surface area contributed by atoms with Gasteiger partial charge in [-0.2, -0.15) is 0 Å². The van der Waals surface area contributed by atoms with E-state index in [4.69, 9.17) is 10.5 Å². The molecule has 0 spiro atoms. The Hall–Kier alpha value is -0.160. The van der Waals surface area contributed by atoms with Crippen molar-refractivity contribution in [1.82, 2.24) is 9.80 Å². The van der Waals surface area contributed by atoms with Gasteiger partial charge < -0.3 is 10.5 Å². The highest BCUT2D eigenvalue weighted by Gasteiger charge is 2.34. The molecule has 4 heteroatoms. The van der Waals surface area contributed by atoms with Gasteiger partial charge in [-0.25, -0.2) is 0 Å². The third kappa shape index (κ3) is 3.69. The standard InChI is InChI=1S/C15H31N3O/c1-3-17(4-2)14-7-8-18(11-14)15(10-16)13-6-5-9-19-12-13/h13-15H,3-12,16H2,1-2H3. The number of nitrogens with zero attached hydrogens (tertiary/aromatic N) is 2. The number of hydrogen-bond acceptors (Lipinski definition) is 4. The third-order valence-corrected chi connectivity index (χ3v) is 4.97. The summed E-state index contributed by atoms with van der Waals surface area (Å²) in [4.78, 5) is 5.22. The maximum Gasteiger partial charge on any atom is 0.0509 e. The van der Waals surface area contributed by atoms with Gasteiger partial charge >= 0.3 is 0 Å². The predicted molar refractivity (Wildman–Crippen MR) is 79.3 cm³/mol. The average molecular weight is 269 g/mol. The van der Waals surface area contributed by atoms with Crippen LogP contribution in [-0.4, -0.2) is 67.8 Å². The molecule has 19 heavy (non-hydrogen) atoms. The van der Waals surface area contributed by atoms with Gasteiger partial charge in [0.1, 0.15) is 0 Å². The second-order valence-corrected chi connectivity index (χ2v) is 5.94. The molecule has 0 amide bonds. The first-order valence-corrected chi connectivity index (χ1v) is 8.06. The monoisotopic (exact) mass is 269 g/mol. The van der Waals surface area contributed by atoms with E-state index in [-0.39, 0.29) is 0 Å². The van der Waals surface area contributed by atoms with Crippen LogP contribution in [-0.2, 0) is 4.74 Å². The van der Waals surface area contributed by atoms with Gasteiger partial charge in [-0.3, -0.25) is 9.80 Å². The van der Waals surface area contributed by atoms with Gasteiger partial charge in [-0.1, -0.05) is 13.8 Å². The molecule has 0 bridgehead atoms. The smallest absolute Gasteiger partial charge is 0.0509 e. The molecule has 0 aromatic rings. The van der Waals surface area contributed by atoms with E-state index in [1.54, 1.807) is 0 Å². The van der Waals surface area contributed by atoms with Gasteiger partial charge in [0.25, 0.3) is 0 Å². The summed E-state index contributed by atoms with van der Waals surface area (Å²) < 4.78 is 5.65. The molecule has 2 saturated heterocycles. The van der Waals surface area contributed by atoms with Crippen LogP contribution in [0.5, 0.6) is 0 Å². The molecule has 2 rings (SSSR count). The summed E-state index contributed by atoms with van der Waals surface area (Å²) in [5.74, 6) is 0.647. The van der Waals surface area contributed by atoms with Crippen LogP contribution in [0.4, 0.5) is 0 Å². The van der Waals surface area contributed by atoms with E-state index in [9.17, 15) is 0 Å². The number of nitrogens with two attached hydrogens (primary N) is 1. The van der Waals surface area contributed by atoms with Gasteiger partial charge in [0, 0.05) is 38.3 Å². The third-order valence-electron chi connectivity index (χ3n) is 4.97. The fraction of sp³-hybridized carbons (Fsp3) is 1.00. The van der Waals surface area contributed by atoms with E-state index in [2.05, 4.69) is 23.6 Å². The summed E-state index contributed by atoms with van der Waals surface area (Å²) in [6.45, 7) is 11.9. The largest absolute Gasteiger partial charge is 0.381 e. The molecule has 3 unspecified atom stereocenters. The van der Waals surface area contributed by atoms with Crippen LogP contribution in [0.25, 0.3) is 0 Å². The van der Waals surface area contributed by atoms with Crippen LogP contribution in [0.3, 0.4) is 0 Å². The van der Waals surface area contributed by atoms with Gasteiger partial charge in [-0.05, 0) is 38.3 Å². The Morgan fingerprint density at radius 2 is 2.11 bits per heavy atom. The molecule has 4 nitrogen and oxygen atoms in total. The number of ether oxygens (including phenoxy) is 1. The molecule has 2 heterocycles. The number of likely N-dealkylation sites (N-methyl/N-ethyl adjacent to an activating group) is 1. The molecule has 2 aliphatic rings. The van der Waals surface area contributed by atoms with Crippen molar-refractivity contribution in [2.75, 3.05) is 45.9 Å². The molecule has 3 atom stereocenters. The minimum absolute atomic E-state index is 0.529. The summed E-state index contributed by atoms with van der Waals surface area (Å²) in [5, 5.41) is 0. The average Bonchev–Trinajstić information content (AvgIpc) is 2.92. The summed E-state index contributed by atoms with van der Waals surface area (Å²) >= 11 is 0. The Morgan fingerprint density at radius 1 is 1.32 bits per heavy atom. The summed E-state index contributed by atoms with van der Waals surface area (Å²) in [7, 11) is 0. The van der Waals surface area contributed by atoms with Crippen molar-refractivity contribution in [2.24, 2.45) is 11.7 Å². The first kappa shape index (κ1) is 15.2. The molecule has 2 N–H and O–H groups in total. The van der Waals surface area contributed by atoms with E-state index in [0.717, 1.165) is 38.9 Å². The lowest BCUT2D eigenvalue weighted by Gasteiger charge is -2.36. The maximum atomic E-state index is 6.06. The summed E-state index contributed by atoms with van der Waals surface area (Å²) in [5.41, 5.74) is 6.06. The summed E-state index contributed by atoms with van der Waals surface area (Å²) in [6, 6.07) is 1.26. The van der Waals surface area contributed by atoms with Gasteiger partial charge in [0.05, 0.1) is 6.61 Å². The van der Waals surface area contributed by atoms with Gasteiger partial charge in [-0.15, -0.1) is 0 Å². The second kappa shape index (κ2) is 7.58. The van der Waals surface area contributed by atoms with Crippen molar-refractivity contribution in [3.63, 3.8) is 0 Å². The topological polar surface area (TPSA) is 41.7 Å². The lowest BCUT2D eigenvalue weighted by atomic mass is 9.92. The molecule has 0 radical (unpaired) electrons. The Kier molecular flexibility index (Phi) is 6.07. The molecule has 0 aromatic heterocycles. The number of rotatable bonds is 6. The van der Waals surface area contributed by atoms with Crippen LogP contribution < -0.4 is 5.73 Å². The van der Waals surface area contributed by atoms with Crippen LogP contribution in [0, 0.1) is 5.92 Å². The zero-order valence-corrected chi connectivity index (χ0v) is 12.7. The zero-order valence-electron chi connectivity index (χ0n) is 12.7. The molecule has 2 aliphatic heterocycles. The fourth-order valence-electron chi connectivity index (χ4n) is 3.82. The normalized spacial score (nSPS) is 30.9. The molecule has 0 aromatic carbocycles. The first-order chi connectivity index (χ1) is 9.30.